The average Bonchev–Trinajstić information content (AvgIpc) is 2.81. The molecule has 102 valence electrons. The van der Waals surface area contributed by atoms with Crippen LogP contribution in [0.1, 0.15) is 0 Å². The van der Waals surface area contributed by atoms with Crippen LogP contribution in [0.5, 0.6) is 0 Å². The highest BCUT2D eigenvalue weighted by Crippen LogP contribution is 2.13. The van der Waals surface area contributed by atoms with Gasteiger partial charge < -0.3 is 10.0 Å². The van der Waals surface area contributed by atoms with Crippen LogP contribution in [0.2, 0.25) is 0 Å². The normalized spacial score (nSPS) is 17.2. The molecular formula is C11H16N6O2. The summed E-state index contributed by atoms with van der Waals surface area (Å²) in [4.78, 5) is 20.0. The maximum absolute atomic E-state index is 11.3. The number of fused-ring (bicyclic) bond motifs is 1. The number of β-amino-alcohol motifs (C(OH)–C–C–N with tert-alkyl or cyclic N) is 1. The molecule has 2 N–H and O–H groups in total. The Hall–Kier alpha value is -1.93. The summed E-state index contributed by atoms with van der Waals surface area (Å²) in [5.74, 6) is 0.829. The maximum atomic E-state index is 11.3. The van der Waals surface area contributed by atoms with E-state index in [1.807, 2.05) is 0 Å². The van der Waals surface area contributed by atoms with Gasteiger partial charge in [-0.1, -0.05) is 0 Å². The Bertz CT molecular complexity index is 613. The first-order valence-corrected chi connectivity index (χ1v) is 6.29. The minimum atomic E-state index is -0.276. The van der Waals surface area contributed by atoms with Gasteiger partial charge in [0.1, 0.15) is 12.1 Å². The minimum absolute atomic E-state index is 0.195. The molecule has 3 rings (SSSR count). The molecule has 0 atom stereocenters. The summed E-state index contributed by atoms with van der Waals surface area (Å²) < 4.78 is 1.38. The van der Waals surface area contributed by atoms with Gasteiger partial charge in [0.05, 0.1) is 6.61 Å². The number of piperazine rings is 1. The van der Waals surface area contributed by atoms with Crippen LogP contribution >= 0.6 is 0 Å². The molecule has 0 radical (unpaired) electrons. The topological polar surface area (TPSA) is 89.8 Å². The number of nitrogens with one attached hydrogen (secondary N) is 1. The molecule has 2 aromatic heterocycles. The van der Waals surface area contributed by atoms with E-state index in [0.29, 0.717) is 5.65 Å². The number of anilines is 1. The minimum Gasteiger partial charge on any atom is -0.395 e. The summed E-state index contributed by atoms with van der Waals surface area (Å²) in [6.07, 6.45) is 1.50. The fourth-order valence-electron chi connectivity index (χ4n) is 2.31. The van der Waals surface area contributed by atoms with Gasteiger partial charge >= 0.3 is 5.69 Å². The number of aliphatic hydroxyl groups excluding tert-OH is 1. The van der Waals surface area contributed by atoms with E-state index in [1.165, 1.54) is 10.7 Å². The molecule has 2 aromatic rings. The predicted octanol–water partition coefficient (Wildman–Crippen LogP) is -1.47. The van der Waals surface area contributed by atoms with E-state index in [1.54, 1.807) is 6.07 Å². The van der Waals surface area contributed by atoms with Crippen molar-refractivity contribution in [2.75, 3.05) is 44.2 Å². The Labute approximate surface area is 109 Å². The Morgan fingerprint density at radius 2 is 2.11 bits per heavy atom. The number of aromatic amines is 1. The number of hydrogen-bond acceptors (Lipinski definition) is 6. The van der Waals surface area contributed by atoms with E-state index in [-0.39, 0.29) is 12.3 Å². The van der Waals surface area contributed by atoms with Crippen LogP contribution in [0.25, 0.3) is 5.65 Å². The third kappa shape index (κ3) is 2.32. The summed E-state index contributed by atoms with van der Waals surface area (Å²) in [6, 6.07) is 1.81. The number of H-pyrrole nitrogens is 1. The Morgan fingerprint density at radius 1 is 1.32 bits per heavy atom. The lowest BCUT2D eigenvalue weighted by Gasteiger charge is -2.34. The lowest BCUT2D eigenvalue weighted by Crippen LogP contribution is -2.47. The number of hydrogen-bond donors (Lipinski definition) is 2. The Kier molecular flexibility index (Phi) is 3.18. The fourth-order valence-corrected chi connectivity index (χ4v) is 2.31. The van der Waals surface area contributed by atoms with Crippen LogP contribution in [-0.4, -0.2) is 68.9 Å². The van der Waals surface area contributed by atoms with Gasteiger partial charge in [0.2, 0.25) is 0 Å². The van der Waals surface area contributed by atoms with Crippen molar-refractivity contribution in [1.82, 2.24) is 24.5 Å². The first-order valence-electron chi connectivity index (χ1n) is 6.29. The number of nitrogens with zero attached hydrogens (tertiary/aromatic N) is 5. The first-order chi connectivity index (χ1) is 9.28. The van der Waals surface area contributed by atoms with Crippen molar-refractivity contribution in [3.63, 3.8) is 0 Å². The molecule has 1 fully saturated rings. The highest BCUT2D eigenvalue weighted by atomic mass is 16.3. The molecule has 19 heavy (non-hydrogen) atoms. The van der Waals surface area contributed by atoms with Crippen molar-refractivity contribution in [2.24, 2.45) is 0 Å². The van der Waals surface area contributed by atoms with Gasteiger partial charge in [0.15, 0.2) is 5.65 Å². The monoisotopic (exact) mass is 264 g/mol. The molecule has 1 aliphatic rings. The van der Waals surface area contributed by atoms with E-state index in [9.17, 15) is 4.79 Å². The van der Waals surface area contributed by atoms with Crippen LogP contribution in [-0.2, 0) is 0 Å². The van der Waals surface area contributed by atoms with Gasteiger partial charge in [-0.15, -0.1) is 0 Å². The molecule has 0 saturated carbocycles. The van der Waals surface area contributed by atoms with Crippen LogP contribution in [0, 0.1) is 0 Å². The standard InChI is InChI=1S/C11H16N6O2/c18-6-5-15-1-3-16(4-2-15)9-7-10-13-14-11(19)17(10)8-12-9/h7-8,18H,1-6H2,(H,14,19). The third-order valence-corrected chi connectivity index (χ3v) is 3.41. The van der Waals surface area contributed by atoms with E-state index in [4.69, 9.17) is 5.11 Å². The largest absolute Gasteiger partial charge is 0.395 e. The molecule has 0 amide bonds. The zero-order valence-corrected chi connectivity index (χ0v) is 10.5. The second kappa shape index (κ2) is 4.98. The number of rotatable bonds is 3. The SMILES string of the molecule is O=c1[nH]nc2cc(N3CCN(CCO)CC3)ncn12. The van der Waals surface area contributed by atoms with Crippen LogP contribution < -0.4 is 10.6 Å². The van der Waals surface area contributed by atoms with Gasteiger partial charge in [0.25, 0.3) is 0 Å². The molecular weight excluding hydrogens is 248 g/mol. The number of aromatic nitrogens is 4. The molecule has 8 heteroatoms. The van der Waals surface area contributed by atoms with Crippen molar-refractivity contribution in [1.29, 1.82) is 0 Å². The predicted molar refractivity (Wildman–Crippen MR) is 69.3 cm³/mol. The summed E-state index contributed by atoms with van der Waals surface area (Å²) in [5, 5.41) is 15.2. The van der Waals surface area contributed by atoms with Crippen molar-refractivity contribution in [3.8, 4) is 0 Å². The van der Waals surface area contributed by atoms with Gasteiger partial charge in [-0.05, 0) is 0 Å². The van der Waals surface area contributed by atoms with E-state index in [0.717, 1.165) is 38.5 Å². The van der Waals surface area contributed by atoms with Crippen LogP contribution in [0.4, 0.5) is 5.82 Å². The molecule has 0 unspecified atom stereocenters. The maximum Gasteiger partial charge on any atom is 0.348 e. The van der Waals surface area contributed by atoms with E-state index in [2.05, 4.69) is 25.0 Å². The number of aliphatic hydroxyl groups is 1. The van der Waals surface area contributed by atoms with Crippen molar-refractivity contribution in [2.45, 2.75) is 0 Å². The molecule has 0 aromatic carbocycles. The molecule has 0 spiro atoms. The molecule has 3 heterocycles. The third-order valence-electron chi connectivity index (χ3n) is 3.41. The van der Waals surface area contributed by atoms with Gasteiger partial charge in [-0.3, -0.25) is 4.90 Å². The highest BCUT2D eigenvalue weighted by molar-refractivity contribution is 5.50. The fraction of sp³-hybridized carbons (Fsp3) is 0.545. The quantitative estimate of drug-likeness (QED) is 0.703. The zero-order chi connectivity index (χ0) is 13.2. The molecule has 0 bridgehead atoms. The van der Waals surface area contributed by atoms with Gasteiger partial charge in [0, 0.05) is 38.8 Å². The average molecular weight is 264 g/mol. The first kappa shape index (κ1) is 12.1. The smallest absolute Gasteiger partial charge is 0.348 e. The summed E-state index contributed by atoms with van der Waals surface area (Å²) >= 11 is 0. The van der Waals surface area contributed by atoms with Crippen molar-refractivity contribution in [3.05, 3.63) is 22.9 Å². The second-order valence-electron chi connectivity index (χ2n) is 4.56. The lowest BCUT2D eigenvalue weighted by molar-refractivity contribution is 0.188. The van der Waals surface area contributed by atoms with Gasteiger partial charge in [-0.2, -0.15) is 5.10 Å². The summed E-state index contributed by atoms with van der Waals surface area (Å²) in [6.45, 7) is 4.44. The van der Waals surface area contributed by atoms with E-state index < -0.39 is 0 Å². The van der Waals surface area contributed by atoms with E-state index >= 15 is 0 Å². The van der Waals surface area contributed by atoms with Gasteiger partial charge in [-0.25, -0.2) is 19.3 Å². The Balaban J connectivity index is 1.76. The summed E-state index contributed by atoms with van der Waals surface area (Å²) in [5.41, 5.74) is 0.301. The van der Waals surface area contributed by atoms with Crippen molar-refractivity contribution < 1.29 is 5.11 Å². The molecule has 1 aliphatic heterocycles. The second-order valence-corrected chi connectivity index (χ2v) is 4.56. The molecule has 8 nitrogen and oxygen atoms in total. The van der Waals surface area contributed by atoms with Crippen LogP contribution in [0.15, 0.2) is 17.2 Å². The zero-order valence-electron chi connectivity index (χ0n) is 10.5. The summed E-state index contributed by atoms with van der Waals surface area (Å²) in [7, 11) is 0. The molecule has 1 saturated heterocycles. The lowest BCUT2D eigenvalue weighted by atomic mass is 10.3. The van der Waals surface area contributed by atoms with Crippen molar-refractivity contribution >= 4 is 11.5 Å². The molecule has 0 aliphatic carbocycles. The Morgan fingerprint density at radius 3 is 2.84 bits per heavy atom. The van der Waals surface area contributed by atoms with Crippen LogP contribution in [0.3, 0.4) is 0 Å². The highest BCUT2D eigenvalue weighted by Gasteiger charge is 2.18.